The number of nitrogens with zero attached hydrogens (tertiary/aromatic N) is 6. The molecule has 156 valence electrons. The second-order valence-electron chi connectivity index (χ2n) is 7.82. The highest BCUT2D eigenvalue weighted by atomic mass is 32.2. The average molecular weight is 433 g/mol. The Balaban J connectivity index is 1.57. The number of H-pyrrole nitrogens is 1. The smallest absolute Gasteiger partial charge is 0.167 e. The number of benzene rings is 1. The van der Waals surface area contributed by atoms with E-state index in [9.17, 15) is 8.42 Å². The van der Waals surface area contributed by atoms with E-state index in [1.54, 1.807) is 10.7 Å². The van der Waals surface area contributed by atoms with Crippen LogP contribution < -0.4 is 4.90 Å². The normalized spacial score (nSPS) is 16.5. The first-order valence-electron chi connectivity index (χ1n) is 10.0. The Labute approximate surface area is 177 Å². The van der Waals surface area contributed by atoms with Crippen molar-refractivity contribution in [2.24, 2.45) is 0 Å². The van der Waals surface area contributed by atoms with E-state index in [1.165, 1.54) is 0 Å². The summed E-state index contributed by atoms with van der Waals surface area (Å²) in [4.78, 5) is 11.6. The molecule has 0 spiro atoms. The van der Waals surface area contributed by atoms with Crippen LogP contribution in [0.15, 0.2) is 42.7 Å². The minimum absolute atomic E-state index is 0.124. The fraction of sp³-hybridized carbons (Fsp3) is 0.238. The standard InChI is InChI=1S/C21H19N7O2S/c1-13-18-20(27-6-8-31(29,30)9-7-27)24-19-16(12-23-28(19)21(18)26-25-13)15-10-14-4-2-3-5-17(14)22-11-15/h2-5,10-12H,6-9H2,1H3,(H,25,26). The van der Waals surface area contributed by atoms with E-state index in [4.69, 9.17) is 4.98 Å². The average Bonchev–Trinajstić information content (AvgIpc) is 3.37. The van der Waals surface area contributed by atoms with E-state index >= 15 is 0 Å². The lowest BCUT2D eigenvalue weighted by Crippen LogP contribution is -2.40. The van der Waals surface area contributed by atoms with E-state index in [-0.39, 0.29) is 11.5 Å². The maximum absolute atomic E-state index is 11.9. The van der Waals surface area contributed by atoms with Crippen molar-refractivity contribution >= 4 is 43.2 Å². The predicted molar refractivity (Wildman–Crippen MR) is 119 cm³/mol. The zero-order chi connectivity index (χ0) is 21.2. The van der Waals surface area contributed by atoms with Crippen LogP contribution in [0.25, 0.3) is 38.7 Å². The monoisotopic (exact) mass is 433 g/mol. The Kier molecular flexibility index (Phi) is 3.82. The van der Waals surface area contributed by atoms with Gasteiger partial charge in [0, 0.05) is 35.8 Å². The molecule has 0 amide bonds. The van der Waals surface area contributed by atoms with E-state index < -0.39 is 9.84 Å². The predicted octanol–water partition coefficient (Wildman–Crippen LogP) is 2.36. The number of nitrogens with one attached hydrogen (secondary N) is 1. The summed E-state index contributed by atoms with van der Waals surface area (Å²) < 4.78 is 25.6. The fourth-order valence-electron chi connectivity index (χ4n) is 4.19. The van der Waals surface area contributed by atoms with Gasteiger partial charge in [0.15, 0.2) is 21.1 Å². The van der Waals surface area contributed by atoms with Gasteiger partial charge in [0.05, 0.1) is 34.3 Å². The molecular formula is C21H19N7O2S. The molecule has 31 heavy (non-hydrogen) atoms. The number of hydrogen-bond acceptors (Lipinski definition) is 7. The van der Waals surface area contributed by atoms with Gasteiger partial charge >= 0.3 is 0 Å². The third-order valence-electron chi connectivity index (χ3n) is 5.86. The molecule has 10 heteroatoms. The van der Waals surface area contributed by atoms with Crippen molar-refractivity contribution in [1.82, 2.24) is 29.8 Å². The maximum atomic E-state index is 11.9. The van der Waals surface area contributed by atoms with Gasteiger partial charge in [-0.3, -0.25) is 10.1 Å². The number of aromatic amines is 1. The molecule has 1 saturated heterocycles. The number of fused-ring (bicyclic) bond motifs is 4. The Bertz CT molecular complexity index is 1570. The van der Waals surface area contributed by atoms with Gasteiger partial charge in [-0.2, -0.15) is 14.7 Å². The van der Waals surface area contributed by atoms with Crippen LogP contribution in [-0.4, -0.2) is 62.8 Å². The van der Waals surface area contributed by atoms with Crippen molar-refractivity contribution in [3.05, 3.63) is 48.4 Å². The molecule has 6 rings (SSSR count). The van der Waals surface area contributed by atoms with Gasteiger partial charge in [-0.1, -0.05) is 18.2 Å². The van der Waals surface area contributed by atoms with Crippen LogP contribution >= 0.6 is 0 Å². The van der Waals surface area contributed by atoms with Gasteiger partial charge in [-0.25, -0.2) is 13.4 Å². The van der Waals surface area contributed by atoms with Crippen molar-refractivity contribution in [2.75, 3.05) is 29.5 Å². The molecule has 0 atom stereocenters. The molecular weight excluding hydrogens is 414 g/mol. The van der Waals surface area contributed by atoms with Crippen molar-refractivity contribution in [1.29, 1.82) is 0 Å². The molecule has 5 heterocycles. The molecule has 0 bridgehead atoms. The topological polar surface area (TPSA) is 109 Å². The van der Waals surface area contributed by atoms with Crippen LogP contribution in [0.1, 0.15) is 5.69 Å². The molecule has 4 aromatic heterocycles. The van der Waals surface area contributed by atoms with E-state index in [0.29, 0.717) is 18.7 Å². The van der Waals surface area contributed by atoms with Crippen molar-refractivity contribution < 1.29 is 8.42 Å². The fourth-order valence-corrected chi connectivity index (χ4v) is 5.39. The number of anilines is 1. The summed E-state index contributed by atoms with van der Waals surface area (Å²) in [6.45, 7) is 2.73. The molecule has 1 fully saturated rings. The Hall–Kier alpha value is -3.53. The van der Waals surface area contributed by atoms with Crippen LogP contribution in [0.2, 0.25) is 0 Å². The molecule has 0 radical (unpaired) electrons. The van der Waals surface area contributed by atoms with Gasteiger partial charge in [-0.05, 0) is 19.1 Å². The summed E-state index contributed by atoms with van der Waals surface area (Å²) >= 11 is 0. The van der Waals surface area contributed by atoms with Gasteiger partial charge < -0.3 is 4.90 Å². The van der Waals surface area contributed by atoms with Crippen LogP contribution in [0.3, 0.4) is 0 Å². The second-order valence-corrected chi connectivity index (χ2v) is 10.1. The second kappa shape index (κ2) is 6.48. The number of hydrogen-bond donors (Lipinski definition) is 1. The van der Waals surface area contributed by atoms with Gasteiger partial charge in [-0.15, -0.1) is 0 Å². The first kappa shape index (κ1) is 18.3. The summed E-state index contributed by atoms with van der Waals surface area (Å²) in [6.07, 6.45) is 3.62. The highest BCUT2D eigenvalue weighted by Crippen LogP contribution is 2.33. The molecule has 5 aromatic rings. The Morgan fingerprint density at radius 2 is 1.90 bits per heavy atom. The zero-order valence-corrected chi connectivity index (χ0v) is 17.6. The minimum atomic E-state index is -3.00. The first-order chi connectivity index (χ1) is 15.0. The number of para-hydroxylation sites is 1. The summed E-state index contributed by atoms with van der Waals surface area (Å²) in [6, 6.07) is 10.0. The van der Waals surface area contributed by atoms with E-state index in [2.05, 4.69) is 26.3 Å². The number of pyridine rings is 1. The Morgan fingerprint density at radius 3 is 2.74 bits per heavy atom. The SMILES string of the molecule is Cc1n[nH]c2c1c(N1CCS(=O)(=O)CC1)nc1c(-c3cnc4ccccc4c3)cnn12. The first-order valence-corrected chi connectivity index (χ1v) is 11.9. The number of aryl methyl sites for hydroxylation is 1. The molecule has 0 saturated carbocycles. The lowest BCUT2D eigenvalue weighted by molar-refractivity contribution is 0.586. The summed E-state index contributed by atoms with van der Waals surface area (Å²) in [5.41, 5.74) is 4.93. The lowest BCUT2D eigenvalue weighted by Gasteiger charge is -2.28. The van der Waals surface area contributed by atoms with Crippen LogP contribution in [0.4, 0.5) is 5.82 Å². The van der Waals surface area contributed by atoms with Crippen LogP contribution in [-0.2, 0) is 9.84 Å². The molecule has 1 aliphatic heterocycles. The van der Waals surface area contributed by atoms with Gasteiger partial charge in [0.1, 0.15) is 5.82 Å². The number of rotatable bonds is 2. The molecule has 1 aliphatic rings. The van der Waals surface area contributed by atoms with Crippen molar-refractivity contribution in [3.8, 4) is 11.1 Å². The largest absolute Gasteiger partial charge is 0.354 e. The zero-order valence-electron chi connectivity index (χ0n) is 16.8. The minimum Gasteiger partial charge on any atom is -0.354 e. The van der Waals surface area contributed by atoms with Crippen LogP contribution in [0, 0.1) is 6.92 Å². The quantitative estimate of drug-likeness (QED) is 0.455. The molecule has 0 unspecified atom stereocenters. The molecule has 9 nitrogen and oxygen atoms in total. The third-order valence-corrected chi connectivity index (χ3v) is 7.47. The lowest BCUT2D eigenvalue weighted by atomic mass is 10.1. The van der Waals surface area contributed by atoms with E-state index in [1.807, 2.05) is 42.3 Å². The van der Waals surface area contributed by atoms with Gasteiger partial charge in [0.25, 0.3) is 0 Å². The van der Waals surface area contributed by atoms with Crippen molar-refractivity contribution in [3.63, 3.8) is 0 Å². The highest BCUT2D eigenvalue weighted by Gasteiger charge is 2.27. The van der Waals surface area contributed by atoms with Crippen molar-refractivity contribution in [2.45, 2.75) is 6.92 Å². The summed E-state index contributed by atoms with van der Waals surface area (Å²) in [5.74, 6) is 0.983. The summed E-state index contributed by atoms with van der Waals surface area (Å²) in [5, 5.41) is 13.9. The highest BCUT2D eigenvalue weighted by molar-refractivity contribution is 7.91. The Morgan fingerprint density at radius 1 is 1.10 bits per heavy atom. The maximum Gasteiger partial charge on any atom is 0.167 e. The summed E-state index contributed by atoms with van der Waals surface area (Å²) in [7, 11) is -3.00. The van der Waals surface area contributed by atoms with Gasteiger partial charge in [0.2, 0.25) is 0 Å². The molecule has 0 aliphatic carbocycles. The number of sulfone groups is 1. The third kappa shape index (κ3) is 2.86. The number of aromatic nitrogens is 6. The van der Waals surface area contributed by atoms with E-state index in [0.717, 1.165) is 44.6 Å². The van der Waals surface area contributed by atoms with Crippen LogP contribution in [0.5, 0.6) is 0 Å². The molecule has 1 N–H and O–H groups in total. The molecule has 1 aromatic carbocycles.